The highest BCUT2D eigenvalue weighted by Crippen LogP contribution is 2.25. The van der Waals surface area contributed by atoms with Crippen molar-refractivity contribution in [3.63, 3.8) is 0 Å². The summed E-state index contributed by atoms with van der Waals surface area (Å²) >= 11 is 1.86. The van der Waals surface area contributed by atoms with Crippen molar-refractivity contribution in [2.45, 2.75) is 12.2 Å². The molecule has 0 saturated heterocycles. The van der Waals surface area contributed by atoms with Crippen LogP contribution in [0, 0.1) is 3.57 Å². The minimum atomic E-state index is -5.71. The molecule has 0 heterocycles. The van der Waals surface area contributed by atoms with E-state index in [0.29, 0.717) is 3.57 Å². The van der Waals surface area contributed by atoms with Crippen LogP contribution in [0.3, 0.4) is 0 Å². The van der Waals surface area contributed by atoms with Crippen LogP contribution in [0.5, 0.6) is 5.75 Å². The number of hydrogen-bond acceptors (Lipinski definition) is 6. The Labute approximate surface area is 137 Å². The highest BCUT2D eigenvalue weighted by molar-refractivity contribution is 14.1. The van der Waals surface area contributed by atoms with E-state index in [1.807, 2.05) is 22.6 Å². The molecule has 0 bridgehead atoms. The Balaban J connectivity index is 2.97. The molecule has 1 rings (SSSR count). The third kappa shape index (κ3) is 4.84. The van der Waals surface area contributed by atoms with Gasteiger partial charge in [-0.3, -0.25) is 9.35 Å². The maximum absolute atomic E-state index is 13.0. The van der Waals surface area contributed by atoms with Crippen LogP contribution >= 0.6 is 22.6 Å². The lowest BCUT2D eigenvalue weighted by molar-refractivity contribution is -0.131. The van der Waals surface area contributed by atoms with Gasteiger partial charge in [-0.2, -0.15) is 17.2 Å². The van der Waals surface area contributed by atoms with E-state index < -0.39 is 33.9 Å². The van der Waals surface area contributed by atoms with E-state index in [2.05, 4.69) is 4.74 Å². The maximum Gasteiger partial charge on any atom is 0.402 e. The van der Waals surface area contributed by atoms with E-state index in [4.69, 9.17) is 9.29 Å². The van der Waals surface area contributed by atoms with E-state index in [1.54, 1.807) is 0 Å². The fraction of sp³-hybridized carbons (Fsp3) is 0.273. The second kappa shape index (κ2) is 6.83. The van der Waals surface area contributed by atoms with Gasteiger partial charge in [0.2, 0.25) is 0 Å². The summed E-state index contributed by atoms with van der Waals surface area (Å²) in [5.74, 6) is -2.31. The maximum atomic E-state index is 13.0. The summed E-state index contributed by atoms with van der Waals surface area (Å²) < 4.78 is 64.6. The Morgan fingerprint density at radius 1 is 1.36 bits per heavy atom. The number of rotatable bonds is 5. The highest BCUT2D eigenvalue weighted by atomic mass is 127. The number of esters is 2. The van der Waals surface area contributed by atoms with Gasteiger partial charge in [0.25, 0.3) is 0 Å². The van der Waals surface area contributed by atoms with E-state index in [1.165, 1.54) is 12.1 Å². The van der Waals surface area contributed by atoms with Gasteiger partial charge < -0.3 is 9.47 Å². The third-order valence-electron chi connectivity index (χ3n) is 2.17. The molecule has 7 nitrogen and oxygen atoms in total. The number of halogens is 3. The van der Waals surface area contributed by atoms with Gasteiger partial charge >= 0.3 is 27.3 Å². The molecule has 1 aromatic carbocycles. The smallest absolute Gasteiger partial charge is 0.402 e. The summed E-state index contributed by atoms with van der Waals surface area (Å²) in [5.41, 5.74) is -0.346. The van der Waals surface area contributed by atoms with Gasteiger partial charge in [-0.25, -0.2) is 4.79 Å². The molecule has 0 aromatic heterocycles. The third-order valence-corrected chi connectivity index (χ3v) is 3.71. The molecular weight excluding hydrogens is 441 g/mol. The highest BCUT2D eigenvalue weighted by Gasteiger charge is 2.45. The van der Waals surface area contributed by atoms with Gasteiger partial charge in [0.1, 0.15) is 11.3 Å². The average molecular weight is 450 g/mol. The lowest BCUT2D eigenvalue weighted by Crippen LogP contribution is -2.34. The van der Waals surface area contributed by atoms with Gasteiger partial charge in [0, 0.05) is 10.5 Å². The fourth-order valence-corrected chi connectivity index (χ4v) is 1.88. The molecule has 0 fully saturated rings. The topological polar surface area (TPSA) is 107 Å². The molecule has 122 valence electrons. The number of ether oxygens (including phenoxy) is 2. The van der Waals surface area contributed by atoms with Crippen LogP contribution in [0.4, 0.5) is 8.78 Å². The molecular formula is C11H9F2IO7S. The molecule has 0 spiro atoms. The van der Waals surface area contributed by atoms with Crippen LogP contribution in [0.2, 0.25) is 0 Å². The van der Waals surface area contributed by atoms with E-state index in [0.717, 1.165) is 13.0 Å². The number of benzene rings is 1. The lowest BCUT2D eigenvalue weighted by Gasteiger charge is -2.14. The molecule has 1 N–H and O–H groups in total. The Morgan fingerprint density at radius 3 is 2.45 bits per heavy atom. The average Bonchev–Trinajstić information content (AvgIpc) is 2.34. The van der Waals surface area contributed by atoms with Crippen LogP contribution in [0.25, 0.3) is 0 Å². The molecule has 1 aromatic rings. The molecule has 0 unspecified atom stereocenters. The molecule has 11 heteroatoms. The SMILES string of the molecule is CC(=O)Oc1cc(I)ccc1C(=O)OCC(F)(F)S(=O)(=O)O. The Kier molecular flexibility index (Phi) is 5.81. The molecule has 0 aliphatic heterocycles. The fourth-order valence-electron chi connectivity index (χ4n) is 1.21. The first-order valence-corrected chi connectivity index (χ1v) is 7.96. The van der Waals surface area contributed by atoms with Crippen LogP contribution in [0.1, 0.15) is 17.3 Å². The number of alkyl halides is 2. The van der Waals surface area contributed by atoms with Crippen molar-refractivity contribution in [1.82, 2.24) is 0 Å². The zero-order valence-electron chi connectivity index (χ0n) is 10.9. The van der Waals surface area contributed by atoms with Gasteiger partial charge in [0.15, 0.2) is 6.61 Å². The number of carbonyl (C=O) groups excluding carboxylic acids is 2. The van der Waals surface area contributed by atoms with Crippen molar-refractivity contribution in [3.05, 3.63) is 27.3 Å². The Hall–Kier alpha value is -1.34. The van der Waals surface area contributed by atoms with Crippen molar-refractivity contribution in [2.24, 2.45) is 0 Å². The zero-order valence-corrected chi connectivity index (χ0v) is 13.9. The van der Waals surface area contributed by atoms with Gasteiger partial charge in [-0.05, 0) is 40.8 Å². The summed E-state index contributed by atoms with van der Waals surface area (Å²) in [7, 11) is -5.71. The minimum Gasteiger partial charge on any atom is -0.454 e. The number of carbonyl (C=O) groups is 2. The van der Waals surface area contributed by atoms with Crippen molar-refractivity contribution in [1.29, 1.82) is 0 Å². The van der Waals surface area contributed by atoms with Crippen LogP contribution < -0.4 is 4.74 Å². The summed E-state index contributed by atoms with van der Waals surface area (Å²) in [4.78, 5) is 22.6. The summed E-state index contributed by atoms with van der Waals surface area (Å²) in [6.07, 6.45) is 0. The van der Waals surface area contributed by atoms with Crippen molar-refractivity contribution in [3.8, 4) is 5.75 Å². The molecule has 22 heavy (non-hydrogen) atoms. The summed E-state index contributed by atoms with van der Waals surface area (Å²) in [5, 5.41) is -4.65. The lowest BCUT2D eigenvalue weighted by atomic mass is 10.2. The second-order valence-electron chi connectivity index (χ2n) is 3.92. The van der Waals surface area contributed by atoms with Gasteiger partial charge in [0.05, 0.1) is 0 Å². The van der Waals surface area contributed by atoms with Crippen LogP contribution in [-0.2, 0) is 19.6 Å². The van der Waals surface area contributed by atoms with Crippen molar-refractivity contribution < 1.29 is 40.8 Å². The largest absolute Gasteiger partial charge is 0.454 e. The zero-order chi connectivity index (χ0) is 17.1. The molecule has 0 radical (unpaired) electrons. The Bertz CT molecular complexity index is 702. The van der Waals surface area contributed by atoms with Gasteiger partial charge in [-0.1, -0.05) is 0 Å². The van der Waals surface area contributed by atoms with Crippen molar-refractivity contribution >= 4 is 44.6 Å². The monoisotopic (exact) mass is 450 g/mol. The molecule has 0 atom stereocenters. The first kappa shape index (κ1) is 18.7. The minimum absolute atomic E-state index is 0.223. The van der Waals surface area contributed by atoms with E-state index >= 15 is 0 Å². The normalized spacial score (nSPS) is 11.9. The second-order valence-corrected chi connectivity index (χ2v) is 6.72. The number of hydrogen-bond donors (Lipinski definition) is 1. The first-order valence-electron chi connectivity index (χ1n) is 5.44. The Morgan fingerprint density at radius 2 is 1.95 bits per heavy atom. The molecule has 0 aliphatic rings. The van der Waals surface area contributed by atoms with E-state index in [-0.39, 0.29) is 11.3 Å². The quantitative estimate of drug-likeness (QED) is 0.316. The standard InChI is InChI=1S/C11H9F2IO7S/c1-6(15)21-9-4-7(14)2-3-8(9)10(16)20-5-11(12,13)22(17,18)19/h2-4H,5H2,1H3,(H,17,18,19). The van der Waals surface area contributed by atoms with Gasteiger partial charge in [-0.15, -0.1) is 0 Å². The summed E-state index contributed by atoms with van der Waals surface area (Å²) in [6.45, 7) is -0.808. The first-order chi connectivity index (χ1) is 9.94. The van der Waals surface area contributed by atoms with Crippen LogP contribution in [-0.4, -0.2) is 36.8 Å². The predicted octanol–water partition coefficient (Wildman–Crippen LogP) is 1.85. The molecule has 0 amide bonds. The molecule has 0 saturated carbocycles. The predicted molar refractivity (Wildman–Crippen MR) is 77.2 cm³/mol. The summed E-state index contributed by atoms with van der Waals surface area (Å²) in [6, 6.07) is 3.87. The van der Waals surface area contributed by atoms with E-state index in [9.17, 15) is 26.8 Å². The van der Waals surface area contributed by atoms with Crippen molar-refractivity contribution in [2.75, 3.05) is 6.61 Å². The van der Waals surface area contributed by atoms with Crippen LogP contribution in [0.15, 0.2) is 18.2 Å². The molecule has 0 aliphatic carbocycles.